The highest BCUT2D eigenvalue weighted by Crippen LogP contribution is 2.14. The van der Waals surface area contributed by atoms with Crippen LogP contribution in [0.2, 0.25) is 0 Å². The first kappa shape index (κ1) is 19.9. The van der Waals surface area contributed by atoms with Crippen LogP contribution in [0.4, 0.5) is 0 Å². The van der Waals surface area contributed by atoms with Crippen LogP contribution >= 0.6 is 0 Å². The lowest BCUT2D eigenvalue weighted by atomic mass is 10.1. The van der Waals surface area contributed by atoms with Gasteiger partial charge in [-0.1, -0.05) is 42.3 Å². The van der Waals surface area contributed by atoms with Crippen molar-refractivity contribution in [1.82, 2.24) is 15.5 Å². The molecule has 5 nitrogen and oxygen atoms in total. The van der Waals surface area contributed by atoms with E-state index in [0.717, 1.165) is 51.6 Å². The molecular weight excluding hydrogens is 336 g/mol. The maximum absolute atomic E-state index is 5.35. The van der Waals surface area contributed by atoms with Crippen molar-refractivity contribution in [1.29, 1.82) is 0 Å². The smallest absolute Gasteiger partial charge is 0.191 e. The fraction of sp³-hybridized carbons (Fsp3) is 0.591. The van der Waals surface area contributed by atoms with Gasteiger partial charge in [0.1, 0.15) is 0 Å². The number of piperidine rings is 1. The van der Waals surface area contributed by atoms with Crippen molar-refractivity contribution in [2.24, 2.45) is 4.99 Å². The van der Waals surface area contributed by atoms with E-state index in [2.05, 4.69) is 50.9 Å². The molecule has 0 unspecified atom stereocenters. The minimum Gasteiger partial charge on any atom is -0.377 e. The molecule has 0 radical (unpaired) electrons. The van der Waals surface area contributed by atoms with E-state index in [-0.39, 0.29) is 0 Å². The maximum atomic E-state index is 5.35. The lowest BCUT2D eigenvalue weighted by Gasteiger charge is -2.26. The average Bonchev–Trinajstić information content (AvgIpc) is 2.73. The average molecular weight is 371 g/mol. The van der Waals surface area contributed by atoms with E-state index < -0.39 is 0 Å². The largest absolute Gasteiger partial charge is 0.377 e. The first-order chi connectivity index (χ1) is 13.3. The molecule has 0 saturated carbocycles. The molecule has 0 aliphatic carbocycles. The van der Waals surface area contributed by atoms with Gasteiger partial charge in [-0.05, 0) is 49.9 Å². The molecule has 2 heterocycles. The van der Waals surface area contributed by atoms with Crippen molar-refractivity contribution in [2.45, 2.75) is 45.2 Å². The summed E-state index contributed by atoms with van der Waals surface area (Å²) in [5.41, 5.74) is 4.17. The van der Waals surface area contributed by atoms with Crippen LogP contribution in [0, 0.1) is 0 Å². The highest BCUT2D eigenvalue weighted by atomic mass is 16.5. The van der Waals surface area contributed by atoms with Crippen LogP contribution in [0.25, 0.3) is 0 Å². The first-order valence-electron chi connectivity index (χ1n) is 10.3. The lowest BCUT2D eigenvalue weighted by Crippen LogP contribution is -2.37. The minimum absolute atomic E-state index is 0.760. The Hall–Kier alpha value is -1.85. The number of nitrogens with zero attached hydrogens (tertiary/aromatic N) is 2. The summed E-state index contributed by atoms with van der Waals surface area (Å²) in [6.07, 6.45) is 8.39. The molecule has 0 spiro atoms. The second-order valence-corrected chi connectivity index (χ2v) is 7.44. The molecule has 3 rings (SSSR count). The zero-order chi connectivity index (χ0) is 18.7. The third-order valence-corrected chi connectivity index (χ3v) is 5.36. The standard InChI is InChI=1S/C22H34N4O/c1-23-22(24-12-9-19-10-15-27-16-11-19)25-17-20-5-7-21(8-6-20)18-26-13-3-2-4-14-26/h5-8,10H,2-4,9,11-18H2,1H3,(H2,23,24,25). The van der Waals surface area contributed by atoms with Gasteiger partial charge in [0.2, 0.25) is 0 Å². The van der Waals surface area contributed by atoms with Gasteiger partial charge >= 0.3 is 0 Å². The van der Waals surface area contributed by atoms with E-state index in [1.807, 2.05) is 7.05 Å². The van der Waals surface area contributed by atoms with E-state index >= 15 is 0 Å². The predicted octanol–water partition coefficient (Wildman–Crippen LogP) is 3.07. The molecular formula is C22H34N4O. The Labute approximate surface area is 163 Å². The second kappa shape index (κ2) is 11.1. The van der Waals surface area contributed by atoms with Crippen LogP contribution in [0.3, 0.4) is 0 Å². The third-order valence-electron chi connectivity index (χ3n) is 5.36. The van der Waals surface area contributed by atoms with E-state index in [1.165, 1.54) is 49.1 Å². The van der Waals surface area contributed by atoms with Gasteiger partial charge in [-0.15, -0.1) is 0 Å². The van der Waals surface area contributed by atoms with E-state index in [1.54, 1.807) is 0 Å². The van der Waals surface area contributed by atoms with Crippen molar-refractivity contribution in [2.75, 3.05) is 39.9 Å². The van der Waals surface area contributed by atoms with Gasteiger partial charge in [-0.3, -0.25) is 9.89 Å². The highest BCUT2D eigenvalue weighted by Gasteiger charge is 2.10. The van der Waals surface area contributed by atoms with Gasteiger partial charge < -0.3 is 15.4 Å². The van der Waals surface area contributed by atoms with Gasteiger partial charge in [0.15, 0.2) is 5.96 Å². The van der Waals surface area contributed by atoms with Gasteiger partial charge in [-0.25, -0.2) is 0 Å². The highest BCUT2D eigenvalue weighted by molar-refractivity contribution is 5.79. The van der Waals surface area contributed by atoms with Gasteiger partial charge in [0, 0.05) is 26.7 Å². The van der Waals surface area contributed by atoms with Gasteiger partial charge in [-0.2, -0.15) is 0 Å². The molecule has 0 aromatic heterocycles. The molecule has 2 N–H and O–H groups in total. The molecule has 148 valence electrons. The minimum atomic E-state index is 0.760. The normalized spacial score (nSPS) is 18.9. The summed E-state index contributed by atoms with van der Waals surface area (Å²) in [5.74, 6) is 0.861. The Morgan fingerprint density at radius 1 is 1.07 bits per heavy atom. The van der Waals surface area contributed by atoms with E-state index in [4.69, 9.17) is 4.74 Å². The summed E-state index contributed by atoms with van der Waals surface area (Å²) in [7, 11) is 1.82. The molecule has 2 aliphatic heterocycles. The summed E-state index contributed by atoms with van der Waals surface area (Å²) >= 11 is 0. The Morgan fingerprint density at radius 3 is 2.56 bits per heavy atom. The molecule has 0 bridgehead atoms. The van der Waals surface area contributed by atoms with Crippen LogP contribution < -0.4 is 10.6 Å². The summed E-state index contributed by atoms with van der Waals surface area (Å²) in [6, 6.07) is 8.98. The SMILES string of the molecule is CN=C(NCCC1=CCOCC1)NCc1ccc(CN2CCCCC2)cc1. The maximum Gasteiger partial charge on any atom is 0.191 e. The van der Waals surface area contributed by atoms with Gasteiger partial charge in [0.05, 0.1) is 13.2 Å². The third kappa shape index (κ3) is 7.00. The summed E-state index contributed by atoms with van der Waals surface area (Å²) in [5, 5.41) is 6.81. The fourth-order valence-electron chi connectivity index (χ4n) is 3.68. The summed E-state index contributed by atoms with van der Waals surface area (Å²) < 4.78 is 5.35. The Morgan fingerprint density at radius 2 is 1.85 bits per heavy atom. The number of hydrogen-bond donors (Lipinski definition) is 2. The number of ether oxygens (including phenoxy) is 1. The number of rotatable bonds is 7. The van der Waals surface area contributed by atoms with Crippen molar-refractivity contribution in [3.05, 3.63) is 47.0 Å². The topological polar surface area (TPSA) is 48.9 Å². The van der Waals surface area contributed by atoms with Crippen molar-refractivity contribution in [3.8, 4) is 0 Å². The Bertz CT molecular complexity index is 618. The number of hydrogen-bond acceptors (Lipinski definition) is 3. The quantitative estimate of drug-likeness (QED) is 0.440. The Kier molecular flexibility index (Phi) is 8.18. The number of guanidine groups is 1. The van der Waals surface area contributed by atoms with Crippen molar-refractivity contribution in [3.63, 3.8) is 0 Å². The molecule has 27 heavy (non-hydrogen) atoms. The molecule has 5 heteroatoms. The van der Waals surface area contributed by atoms with Crippen LogP contribution in [0.15, 0.2) is 40.9 Å². The van der Waals surface area contributed by atoms with Crippen molar-refractivity contribution < 1.29 is 4.74 Å². The summed E-state index contributed by atoms with van der Waals surface area (Å²) in [6.45, 7) is 6.88. The molecule has 2 aliphatic rings. The summed E-state index contributed by atoms with van der Waals surface area (Å²) in [4.78, 5) is 6.89. The number of likely N-dealkylation sites (tertiary alicyclic amines) is 1. The second-order valence-electron chi connectivity index (χ2n) is 7.44. The van der Waals surface area contributed by atoms with E-state index in [0.29, 0.717) is 0 Å². The van der Waals surface area contributed by atoms with Crippen LogP contribution in [-0.2, 0) is 17.8 Å². The molecule has 0 atom stereocenters. The van der Waals surface area contributed by atoms with Gasteiger partial charge in [0.25, 0.3) is 0 Å². The molecule has 0 amide bonds. The predicted molar refractivity (Wildman–Crippen MR) is 112 cm³/mol. The van der Waals surface area contributed by atoms with Crippen LogP contribution in [0.1, 0.15) is 43.2 Å². The number of benzene rings is 1. The Balaban J connectivity index is 1.37. The first-order valence-corrected chi connectivity index (χ1v) is 10.3. The number of nitrogens with one attached hydrogen (secondary N) is 2. The molecule has 1 aromatic rings. The van der Waals surface area contributed by atoms with Crippen LogP contribution in [-0.4, -0.2) is 50.8 Å². The monoisotopic (exact) mass is 370 g/mol. The fourth-order valence-corrected chi connectivity index (χ4v) is 3.68. The van der Waals surface area contributed by atoms with Crippen molar-refractivity contribution >= 4 is 5.96 Å². The molecule has 1 fully saturated rings. The lowest BCUT2D eigenvalue weighted by molar-refractivity contribution is 0.153. The molecule has 1 aromatic carbocycles. The van der Waals surface area contributed by atoms with Crippen LogP contribution in [0.5, 0.6) is 0 Å². The number of aliphatic imine (C=N–C) groups is 1. The zero-order valence-electron chi connectivity index (χ0n) is 16.7. The zero-order valence-corrected chi connectivity index (χ0v) is 16.7. The van der Waals surface area contributed by atoms with E-state index in [9.17, 15) is 0 Å². The molecule has 1 saturated heterocycles.